The van der Waals surface area contributed by atoms with Crippen LogP contribution < -0.4 is 4.72 Å². The molecule has 1 aliphatic carbocycles. The van der Waals surface area contributed by atoms with Gasteiger partial charge in [-0.1, -0.05) is 17.7 Å². The topological polar surface area (TPSA) is 88.3 Å². The lowest BCUT2D eigenvalue weighted by Crippen LogP contribution is -2.35. The second kappa shape index (κ2) is 6.82. The number of carbonyl (C=O) groups excluding carboxylic acids is 1. The Morgan fingerprint density at radius 1 is 1.32 bits per heavy atom. The van der Waals surface area contributed by atoms with E-state index in [1.54, 1.807) is 19.9 Å². The fourth-order valence-corrected chi connectivity index (χ4v) is 4.53. The number of sulfonamides is 1. The number of fused-ring (bicyclic) bond motifs is 1. The minimum absolute atomic E-state index is 0.0398. The van der Waals surface area contributed by atoms with Gasteiger partial charge in [-0.3, -0.25) is 0 Å². The van der Waals surface area contributed by atoms with Crippen molar-refractivity contribution in [3.05, 3.63) is 51.7 Å². The quantitative estimate of drug-likeness (QED) is 0.778. The van der Waals surface area contributed by atoms with Gasteiger partial charge in [0, 0.05) is 16.8 Å². The van der Waals surface area contributed by atoms with Crippen molar-refractivity contribution in [3.63, 3.8) is 0 Å². The molecule has 0 unspecified atom stereocenters. The summed E-state index contributed by atoms with van der Waals surface area (Å²) in [6, 6.07) is 6.66. The predicted octanol–water partition coefficient (Wildman–Crippen LogP) is 2.60. The van der Waals surface area contributed by atoms with E-state index in [9.17, 15) is 13.2 Å². The smallest absolute Gasteiger partial charge is 0.339 e. The van der Waals surface area contributed by atoms with Crippen LogP contribution in [0.2, 0.25) is 5.02 Å². The van der Waals surface area contributed by atoms with Crippen LogP contribution in [-0.2, 0) is 27.6 Å². The van der Waals surface area contributed by atoms with Gasteiger partial charge in [-0.2, -0.15) is 0 Å². The molecule has 0 amide bonds. The van der Waals surface area contributed by atoms with Crippen LogP contribution in [0.1, 0.15) is 34.1 Å². The number of aromatic nitrogens is 1. The lowest BCUT2D eigenvalue weighted by molar-refractivity contribution is 0.0525. The van der Waals surface area contributed by atoms with E-state index in [1.807, 2.05) is 12.1 Å². The summed E-state index contributed by atoms with van der Waals surface area (Å²) in [6.07, 6.45) is 1.19. The van der Waals surface area contributed by atoms with Gasteiger partial charge in [0.15, 0.2) is 0 Å². The largest absolute Gasteiger partial charge is 0.462 e. The zero-order valence-electron chi connectivity index (χ0n) is 13.9. The number of rotatable bonds is 5. The number of aryl methyl sites for hydroxylation is 1. The lowest BCUT2D eigenvalue weighted by Gasteiger charge is -2.11. The summed E-state index contributed by atoms with van der Waals surface area (Å²) in [5.41, 5.74) is 2.83. The van der Waals surface area contributed by atoms with E-state index in [-0.39, 0.29) is 23.2 Å². The van der Waals surface area contributed by atoms with Gasteiger partial charge in [0.2, 0.25) is 0 Å². The highest BCUT2D eigenvalue weighted by Crippen LogP contribution is 2.26. The van der Waals surface area contributed by atoms with Gasteiger partial charge in [-0.25, -0.2) is 17.9 Å². The molecular weight excluding hydrogens is 364 g/mol. The number of nitrogens with one attached hydrogen (secondary N) is 2. The van der Waals surface area contributed by atoms with Crippen molar-refractivity contribution in [1.29, 1.82) is 0 Å². The number of benzene rings is 1. The molecule has 0 saturated heterocycles. The summed E-state index contributed by atoms with van der Waals surface area (Å²) in [6.45, 7) is 3.56. The summed E-state index contributed by atoms with van der Waals surface area (Å²) >= 11 is 5.99. The molecule has 3 rings (SSSR count). The van der Waals surface area contributed by atoms with E-state index in [0.717, 1.165) is 11.1 Å². The van der Waals surface area contributed by atoms with Crippen molar-refractivity contribution in [1.82, 2.24) is 9.71 Å². The molecule has 0 aliphatic heterocycles. The molecule has 134 valence electrons. The second-order valence-electron chi connectivity index (χ2n) is 6.03. The fraction of sp³-hybridized carbons (Fsp3) is 0.353. The van der Waals surface area contributed by atoms with E-state index < -0.39 is 16.0 Å². The number of ether oxygens (including phenoxy) is 1. The molecule has 1 aliphatic rings. The first-order valence-electron chi connectivity index (χ1n) is 7.96. The maximum atomic E-state index is 12.6. The van der Waals surface area contributed by atoms with Crippen molar-refractivity contribution in [2.24, 2.45) is 0 Å². The van der Waals surface area contributed by atoms with Crippen LogP contribution >= 0.6 is 11.6 Å². The van der Waals surface area contributed by atoms with Crippen molar-refractivity contribution >= 4 is 27.6 Å². The van der Waals surface area contributed by atoms with Crippen LogP contribution in [0.3, 0.4) is 0 Å². The molecule has 1 heterocycles. The number of aromatic amines is 1. The normalized spacial score (nSPS) is 16.7. The van der Waals surface area contributed by atoms with Crippen molar-refractivity contribution in [3.8, 4) is 0 Å². The summed E-state index contributed by atoms with van der Waals surface area (Å²) in [5, 5.41) is 0.600. The van der Waals surface area contributed by atoms with Crippen molar-refractivity contribution < 1.29 is 17.9 Å². The Morgan fingerprint density at radius 2 is 2.04 bits per heavy atom. The molecule has 8 heteroatoms. The number of halogens is 1. The molecule has 2 aromatic rings. The van der Waals surface area contributed by atoms with E-state index in [0.29, 0.717) is 23.6 Å². The van der Waals surface area contributed by atoms with Gasteiger partial charge in [0.25, 0.3) is 10.0 Å². The Hall–Kier alpha value is -1.83. The minimum Gasteiger partial charge on any atom is -0.462 e. The van der Waals surface area contributed by atoms with Crippen LogP contribution in [0.5, 0.6) is 0 Å². The SMILES string of the molecule is CCOC(=O)c1cc(S(=O)(=O)N[C@H]2Cc3ccc(Cl)cc3C2)[nH]c1C. The Labute approximate surface area is 151 Å². The van der Waals surface area contributed by atoms with E-state index in [4.69, 9.17) is 16.3 Å². The van der Waals surface area contributed by atoms with Gasteiger partial charge in [0.1, 0.15) is 5.03 Å². The highest BCUT2D eigenvalue weighted by atomic mass is 35.5. The third-order valence-corrected chi connectivity index (χ3v) is 5.88. The molecule has 6 nitrogen and oxygen atoms in total. The Bertz CT molecular complexity index is 921. The average Bonchev–Trinajstić information content (AvgIpc) is 3.10. The molecule has 1 atom stereocenters. The van der Waals surface area contributed by atoms with Gasteiger partial charge >= 0.3 is 5.97 Å². The first-order chi connectivity index (χ1) is 11.8. The standard InChI is InChI=1S/C17H19ClN2O4S/c1-3-24-17(21)15-9-16(19-10(15)2)25(22,23)20-14-7-11-4-5-13(18)6-12(11)8-14/h4-6,9,14,19-20H,3,7-8H2,1-2H3/t14-/m0/s1. The molecule has 0 spiro atoms. The summed E-state index contributed by atoms with van der Waals surface area (Å²) in [4.78, 5) is 14.6. The third kappa shape index (κ3) is 3.73. The molecule has 1 aromatic carbocycles. The maximum absolute atomic E-state index is 12.6. The molecular formula is C17H19ClN2O4S. The van der Waals surface area contributed by atoms with Crippen LogP contribution in [0.4, 0.5) is 0 Å². The highest BCUT2D eigenvalue weighted by molar-refractivity contribution is 7.89. The van der Waals surface area contributed by atoms with Crippen LogP contribution in [0.15, 0.2) is 29.3 Å². The zero-order valence-corrected chi connectivity index (χ0v) is 15.5. The zero-order chi connectivity index (χ0) is 18.2. The maximum Gasteiger partial charge on any atom is 0.339 e. The van der Waals surface area contributed by atoms with E-state index in [2.05, 4.69) is 9.71 Å². The average molecular weight is 383 g/mol. The van der Waals surface area contributed by atoms with Gasteiger partial charge in [0.05, 0.1) is 12.2 Å². The number of esters is 1. The first-order valence-corrected chi connectivity index (χ1v) is 9.82. The van der Waals surface area contributed by atoms with E-state index >= 15 is 0 Å². The predicted molar refractivity (Wildman–Crippen MR) is 94.5 cm³/mol. The van der Waals surface area contributed by atoms with Crippen LogP contribution in [0, 0.1) is 6.92 Å². The summed E-state index contributed by atoms with van der Waals surface area (Å²) < 4.78 is 32.9. The molecule has 0 radical (unpaired) electrons. The Balaban J connectivity index is 1.77. The number of carbonyl (C=O) groups is 1. The molecule has 25 heavy (non-hydrogen) atoms. The Kier molecular flexibility index (Phi) is 4.90. The second-order valence-corrected chi connectivity index (χ2v) is 8.15. The van der Waals surface area contributed by atoms with Crippen LogP contribution in [0.25, 0.3) is 0 Å². The number of H-pyrrole nitrogens is 1. The monoisotopic (exact) mass is 382 g/mol. The summed E-state index contributed by atoms with van der Waals surface area (Å²) in [7, 11) is -3.77. The Morgan fingerprint density at radius 3 is 2.76 bits per heavy atom. The molecule has 0 fully saturated rings. The van der Waals surface area contributed by atoms with Crippen molar-refractivity contribution in [2.75, 3.05) is 6.61 Å². The summed E-state index contributed by atoms with van der Waals surface area (Å²) in [5.74, 6) is -0.541. The van der Waals surface area contributed by atoms with Crippen LogP contribution in [-0.4, -0.2) is 32.0 Å². The minimum atomic E-state index is -3.77. The lowest BCUT2D eigenvalue weighted by atomic mass is 10.1. The highest BCUT2D eigenvalue weighted by Gasteiger charge is 2.28. The fourth-order valence-electron chi connectivity index (χ4n) is 3.05. The molecule has 0 bridgehead atoms. The first kappa shape index (κ1) is 18.0. The van der Waals surface area contributed by atoms with Gasteiger partial charge in [-0.15, -0.1) is 0 Å². The van der Waals surface area contributed by atoms with E-state index in [1.165, 1.54) is 6.07 Å². The number of hydrogen-bond acceptors (Lipinski definition) is 4. The molecule has 2 N–H and O–H groups in total. The van der Waals surface area contributed by atoms with Crippen molar-refractivity contribution in [2.45, 2.75) is 37.8 Å². The number of hydrogen-bond donors (Lipinski definition) is 2. The molecule has 1 aromatic heterocycles. The molecule has 0 saturated carbocycles. The van der Waals surface area contributed by atoms with Gasteiger partial charge < -0.3 is 9.72 Å². The third-order valence-electron chi connectivity index (χ3n) is 4.20. The van der Waals surface area contributed by atoms with Gasteiger partial charge in [-0.05, 0) is 56.0 Å².